The van der Waals surface area contributed by atoms with Crippen molar-refractivity contribution in [3.63, 3.8) is 0 Å². The van der Waals surface area contributed by atoms with Gasteiger partial charge >= 0.3 is 0 Å². The van der Waals surface area contributed by atoms with Gasteiger partial charge in [-0.1, -0.05) is 25.1 Å². The highest BCUT2D eigenvalue weighted by Crippen LogP contribution is 2.39. The van der Waals surface area contributed by atoms with E-state index in [0.29, 0.717) is 17.2 Å². The molecule has 0 unspecified atom stereocenters. The largest absolute Gasteiger partial charge is 0.454 e. The molecular weight excluding hydrogens is 372 g/mol. The number of carbonyl (C=O) groups is 1. The summed E-state index contributed by atoms with van der Waals surface area (Å²) in [6.45, 7) is 7.10. The molecule has 0 bridgehead atoms. The highest BCUT2D eigenvalue weighted by molar-refractivity contribution is 8.19. The van der Waals surface area contributed by atoms with Crippen LogP contribution in [0.2, 0.25) is 0 Å². The van der Waals surface area contributed by atoms with Crippen molar-refractivity contribution in [1.29, 1.82) is 0 Å². The van der Waals surface area contributed by atoms with E-state index in [1.807, 2.05) is 43.3 Å². The van der Waals surface area contributed by atoms with Crippen molar-refractivity contribution in [3.05, 3.63) is 58.0 Å². The fourth-order valence-corrected chi connectivity index (χ4v) is 4.13. The van der Waals surface area contributed by atoms with Gasteiger partial charge in [-0.2, -0.15) is 0 Å². The molecular formula is C22H22N2O3S. The van der Waals surface area contributed by atoms with Gasteiger partial charge in [-0.25, -0.2) is 0 Å². The second-order valence-electron chi connectivity index (χ2n) is 6.75. The van der Waals surface area contributed by atoms with Crippen molar-refractivity contribution < 1.29 is 14.3 Å². The van der Waals surface area contributed by atoms with Crippen molar-refractivity contribution in [2.24, 2.45) is 4.99 Å². The van der Waals surface area contributed by atoms with Gasteiger partial charge in [0.1, 0.15) is 0 Å². The number of ether oxygens (including phenoxy) is 2. The summed E-state index contributed by atoms with van der Waals surface area (Å²) >= 11 is 1.42. The third-order valence-corrected chi connectivity index (χ3v) is 5.80. The second-order valence-corrected chi connectivity index (χ2v) is 7.76. The van der Waals surface area contributed by atoms with E-state index < -0.39 is 0 Å². The van der Waals surface area contributed by atoms with E-state index >= 15 is 0 Å². The van der Waals surface area contributed by atoms with E-state index in [1.165, 1.54) is 11.8 Å². The van der Waals surface area contributed by atoms with Crippen LogP contribution in [-0.4, -0.2) is 24.4 Å². The van der Waals surface area contributed by atoms with Crippen LogP contribution < -0.4 is 14.4 Å². The topological polar surface area (TPSA) is 51.1 Å². The van der Waals surface area contributed by atoms with Gasteiger partial charge in [-0.3, -0.25) is 14.7 Å². The maximum Gasteiger partial charge on any atom is 0.271 e. The highest BCUT2D eigenvalue weighted by Gasteiger charge is 2.35. The summed E-state index contributed by atoms with van der Waals surface area (Å²) in [5, 5.41) is 0.729. The Hall–Kier alpha value is -2.73. The van der Waals surface area contributed by atoms with Gasteiger partial charge in [-0.05, 0) is 73.0 Å². The molecule has 0 N–H and O–H groups in total. The molecule has 2 aliphatic heterocycles. The van der Waals surface area contributed by atoms with Gasteiger partial charge in [0.15, 0.2) is 16.7 Å². The number of fused-ring (bicyclic) bond motifs is 1. The fraction of sp³-hybridized carbons (Fsp3) is 0.273. The number of thioether (sulfide) groups is 1. The smallest absolute Gasteiger partial charge is 0.271 e. The van der Waals surface area contributed by atoms with Gasteiger partial charge in [0.2, 0.25) is 6.79 Å². The molecule has 1 fully saturated rings. The third kappa shape index (κ3) is 3.40. The first-order chi connectivity index (χ1) is 13.6. The Bertz CT molecular complexity index is 997. The van der Waals surface area contributed by atoms with Gasteiger partial charge < -0.3 is 9.47 Å². The van der Waals surface area contributed by atoms with Crippen molar-refractivity contribution >= 4 is 34.6 Å². The molecule has 6 heteroatoms. The Morgan fingerprint density at radius 2 is 2.00 bits per heavy atom. The molecule has 0 spiro atoms. The van der Waals surface area contributed by atoms with E-state index in [1.54, 1.807) is 4.90 Å². The van der Waals surface area contributed by atoms with E-state index in [9.17, 15) is 4.79 Å². The Morgan fingerprint density at radius 1 is 1.18 bits per heavy atom. The van der Waals surface area contributed by atoms with Crippen LogP contribution in [0.15, 0.2) is 46.3 Å². The van der Waals surface area contributed by atoms with Crippen molar-refractivity contribution in [2.45, 2.75) is 27.2 Å². The van der Waals surface area contributed by atoms with Crippen LogP contribution in [0.5, 0.6) is 11.5 Å². The highest BCUT2D eigenvalue weighted by atomic mass is 32.2. The molecule has 0 radical (unpaired) electrons. The number of hydrogen-bond donors (Lipinski definition) is 0. The summed E-state index contributed by atoms with van der Waals surface area (Å²) < 4.78 is 10.8. The van der Waals surface area contributed by atoms with Crippen LogP contribution in [0.25, 0.3) is 6.08 Å². The molecule has 0 aromatic heterocycles. The van der Waals surface area contributed by atoms with Crippen LogP contribution in [0.3, 0.4) is 0 Å². The molecule has 2 heterocycles. The van der Waals surface area contributed by atoms with E-state index in [-0.39, 0.29) is 12.7 Å². The number of hydrogen-bond acceptors (Lipinski definition) is 5. The van der Waals surface area contributed by atoms with Crippen LogP contribution in [0.1, 0.15) is 30.0 Å². The predicted octanol–water partition coefficient (Wildman–Crippen LogP) is 4.92. The second kappa shape index (κ2) is 7.72. The Morgan fingerprint density at radius 3 is 2.82 bits per heavy atom. The van der Waals surface area contributed by atoms with Crippen LogP contribution >= 0.6 is 11.8 Å². The van der Waals surface area contributed by atoms with Crippen molar-refractivity contribution in [2.75, 3.05) is 18.2 Å². The van der Waals surface area contributed by atoms with Gasteiger partial charge in [0, 0.05) is 6.54 Å². The Balaban J connectivity index is 1.73. The summed E-state index contributed by atoms with van der Waals surface area (Å²) in [6.07, 6.45) is 2.82. The van der Waals surface area contributed by atoms with Crippen molar-refractivity contribution in [3.8, 4) is 11.5 Å². The fourth-order valence-electron chi connectivity index (χ4n) is 3.13. The lowest BCUT2D eigenvalue weighted by Gasteiger charge is -2.19. The predicted molar refractivity (Wildman–Crippen MR) is 114 cm³/mol. The van der Waals surface area contributed by atoms with Crippen LogP contribution in [0.4, 0.5) is 5.69 Å². The zero-order valence-corrected chi connectivity index (χ0v) is 17.0. The number of carbonyl (C=O) groups excluding carboxylic acids is 1. The molecule has 0 atom stereocenters. The SMILES string of the molecule is CCCN=C1S/C(=C\c2ccc3c(c2)OCO3)C(=O)N1c1cccc(C)c1C. The summed E-state index contributed by atoms with van der Waals surface area (Å²) in [7, 11) is 0. The maximum atomic E-state index is 13.3. The third-order valence-electron chi connectivity index (χ3n) is 4.79. The first kappa shape index (κ1) is 18.6. The monoisotopic (exact) mass is 394 g/mol. The molecule has 2 aliphatic rings. The number of amides is 1. The number of rotatable bonds is 4. The molecule has 28 heavy (non-hydrogen) atoms. The van der Waals surface area contributed by atoms with E-state index in [4.69, 9.17) is 9.47 Å². The maximum absolute atomic E-state index is 13.3. The molecule has 2 aromatic carbocycles. The molecule has 0 saturated carbocycles. The van der Waals surface area contributed by atoms with E-state index in [2.05, 4.69) is 24.9 Å². The van der Waals surface area contributed by atoms with Crippen LogP contribution in [-0.2, 0) is 4.79 Å². The number of anilines is 1. The zero-order valence-electron chi connectivity index (χ0n) is 16.2. The summed E-state index contributed by atoms with van der Waals surface area (Å²) in [5.41, 5.74) is 4.03. The molecule has 144 valence electrons. The summed E-state index contributed by atoms with van der Waals surface area (Å²) in [6, 6.07) is 11.7. The summed E-state index contributed by atoms with van der Waals surface area (Å²) in [5.74, 6) is 1.39. The zero-order chi connectivity index (χ0) is 19.7. The first-order valence-corrected chi connectivity index (χ1v) is 10.1. The van der Waals surface area contributed by atoms with Gasteiger partial charge in [-0.15, -0.1) is 0 Å². The minimum Gasteiger partial charge on any atom is -0.454 e. The number of amidine groups is 1. The summed E-state index contributed by atoms with van der Waals surface area (Å²) in [4.78, 5) is 20.3. The first-order valence-electron chi connectivity index (χ1n) is 9.33. The molecule has 1 saturated heterocycles. The molecule has 4 rings (SSSR count). The lowest BCUT2D eigenvalue weighted by atomic mass is 10.1. The Kier molecular flexibility index (Phi) is 5.13. The Labute approximate surface area is 169 Å². The average Bonchev–Trinajstić information content (AvgIpc) is 3.27. The minimum absolute atomic E-state index is 0.0498. The number of aliphatic imine (C=N–C) groups is 1. The normalized spacial score (nSPS) is 18.5. The molecule has 5 nitrogen and oxygen atoms in total. The number of aryl methyl sites for hydroxylation is 1. The standard InChI is InChI=1S/C22H22N2O3S/c1-4-10-23-22-24(17-7-5-6-14(2)15(17)3)21(25)20(28-22)12-16-8-9-18-19(11-16)27-13-26-18/h5-9,11-12H,4,10,13H2,1-3H3/b20-12-,23-22?. The van der Waals surface area contributed by atoms with Gasteiger partial charge in [0.25, 0.3) is 5.91 Å². The number of benzene rings is 2. The molecule has 1 amide bonds. The van der Waals surface area contributed by atoms with E-state index in [0.717, 1.165) is 39.7 Å². The van der Waals surface area contributed by atoms with Crippen LogP contribution in [0, 0.1) is 13.8 Å². The lowest BCUT2D eigenvalue weighted by Crippen LogP contribution is -2.29. The van der Waals surface area contributed by atoms with Crippen molar-refractivity contribution in [1.82, 2.24) is 0 Å². The van der Waals surface area contributed by atoms with Gasteiger partial charge in [0.05, 0.1) is 10.6 Å². The molecule has 2 aromatic rings. The average molecular weight is 394 g/mol. The number of nitrogens with zero attached hydrogens (tertiary/aromatic N) is 2. The minimum atomic E-state index is -0.0498. The molecule has 0 aliphatic carbocycles. The lowest BCUT2D eigenvalue weighted by molar-refractivity contribution is -0.113. The quantitative estimate of drug-likeness (QED) is 0.691.